The lowest BCUT2D eigenvalue weighted by atomic mass is 10.1. The zero-order valence-corrected chi connectivity index (χ0v) is 6.81. The van der Waals surface area contributed by atoms with E-state index in [-0.39, 0.29) is 11.7 Å². The molecule has 60 valence electrons. The minimum absolute atomic E-state index is 0.181. The van der Waals surface area contributed by atoms with Gasteiger partial charge in [0.1, 0.15) is 5.78 Å². The molecular weight excluding hydrogens is 126 g/mol. The molecule has 0 aromatic rings. The highest BCUT2D eigenvalue weighted by atomic mass is 16.1. The second-order valence-electron chi connectivity index (χ2n) is 2.58. The lowest BCUT2D eigenvalue weighted by molar-refractivity contribution is -0.117. The van der Waals surface area contributed by atoms with Crippen LogP contribution in [0.4, 0.5) is 0 Å². The Morgan fingerprint density at radius 1 is 1.80 bits per heavy atom. The number of carbonyl (C=O) groups is 1. The van der Waals surface area contributed by atoms with Crippen molar-refractivity contribution in [1.29, 1.82) is 0 Å². The molecule has 0 aliphatic carbocycles. The van der Waals surface area contributed by atoms with Gasteiger partial charge in [0.25, 0.3) is 0 Å². The largest absolute Gasteiger partial charge is 0.317 e. The topological polar surface area (TPSA) is 29.1 Å². The minimum Gasteiger partial charge on any atom is -0.317 e. The van der Waals surface area contributed by atoms with E-state index in [9.17, 15) is 4.79 Å². The van der Waals surface area contributed by atoms with E-state index in [1.54, 1.807) is 6.92 Å². The summed E-state index contributed by atoms with van der Waals surface area (Å²) >= 11 is 0. The Kier molecular flexibility index (Phi) is 4.19. The van der Waals surface area contributed by atoms with E-state index in [4.69, 9.17) is 1.37 Å². The molecule has 2 heteroatoms. The third-order valence-electron chi connectivity index (χ3n) is 1.26. The van der Waals surface area contributed by atoms with E-state index in [1.165, 1.54) is 0 Å². The third kappa shape index (κ3) is 5.76. The number of hydrogen-bond acceptors (Lipinski definition) is 2. The first-order chi connectivity index (χ1) is 5.20. The van der Waals surface area contributed by atoms with Gasteiger partial charge in [-0.1, -0.05) is 13.8 Å². The summed E-state index contributed by atoms with van der Waals surface area (Å²) in [6.07, 6.45) is 0.538. The highest BCUT2D eigenvalue weighted by molar-refractivity contribution is 5.75. The van der Waals surface area contributed by atoms with Crippen molar-refractivity contribution >= 4 is 5.78 Å². The molecule has 0 saturated heterocycles. The number of nitrogens with one attached hydrogen (secondary N) is 1. The Hall–Kier alpha value is -0.370. The quantitative estimate of drug-likeness (QED) is 0.628. The normalized spacial score (nSPS) is 14.4. The second-order valence-corrected chi connectivity index (χ2v) is 2.58. The molecule has 1 unspecified atom stereocenters. The van der Waals surface area contributed by atoms with Crippen LogP contribution in [-0.4, -0.2) is 18.9 Å². The van der Waals surface area contributed by atoms with Crippen LogP contribution in [0.1, 0.15) is 28.5 Å². The summed E-state index contributed by atoms with van der Waals surface area (Å²) in [5, 5.41) is 3.13. The molecule has 0 radical (unpaired) electrons. The predicted molar refractivity (Wildman–Crippen MR) is 43.0 cm³/mol. The van der Waals surface area contributed by atoms with E-state index in [0.717, 1.165) is 13.1 Å². The van der Waals surface area contributed by atoms with Gasteiger partial charge < -0.3 is 10.1 Å². The molecule has 1 N–H and O–H groups in total. The number of Topliss-reactive ketones (excluding diaryl/α,β-unsaturated/α-hetero) is 1. The molecule has 0 saturated carbocycles. The van der Waals surface area contributed by atoms with Crippen molar-refractivity contribution in [3.63, 3.8) is 0 Å². The van der Waals surface area contributed by atoms with Crippen LogP contribution in [0.25, 0.3) is 0 Å². The van der Waals surface area contributed by atoms with Crippen molar-refractivity contribution in [3.8, 4) is 0 Å². The van der Waals surface area contributed by atoms with Crippen molar-refractivity contribution in [2.75, 3.05) is 13.1 Å². The fourth-order valence-electron chi connectivity index (χ4n) is 0.827. The summed E-state index contributed by atoms with van der Waals surface area (Å²) < 4.78 is 7.14. The van der Waals surface area contributed by atoms with Gasteiger partial charge in [-0.25, -0.2) is 0 Å². The monoisotopic (exact) mass is 144 g/mol. The van der Waals surface area contributed by atoms with Crippen LogP contribution < -0.4 is 5.32 Å². The molecular formula is C8H17NO. The fourth-order valence-corrected chi connectivity index (χ4v) is 0.827. The Morgan fingerprint density at radius 2 is 2.50 bits per heavy atom. The highest BCUT2D eigenvalue weighted by Gasteiger charge is 2.02. The van der Waals surface area contributed by atoms with E-state index in [1.807, 2.05) is 6.92 Å². The zero-order chi connectivity index (χ0) is 8.69. The van der Waals surface area contributed by atoms with E-state index in [0.29, 0.717) is 13.3 Å². The SMILES string of the molecule is [2H]CC(CNCC)CC(C)=O. The minimum atomic E-state index is 0.181. The number of carbonyl (C=O) groups excluding carboxylic acids is 1. The maximum absolute atomic E-state index is 10.7. The smallest absolute Gasteiger partial charge is 0.130 e. The Morgan fingerprint density at radius 3 is 2.90 bits per heavy atom. The molecule has 10 heavy (non-hydrogen) atoms. The van der Waals surface area contributed by atoms with Gasteiger partial charge >= 0.3 is 0 Å². The lowest BCUT2D eigenvalue weighted by Crippen LogP contribution is -2.21. The molecule has 0 spiro atoms. The molecule has 0 aromatic carbocycles. The molecule has 0 aromatic heterocycles. The van der Waals surface area contributed by atoms with Crippen LogP contribution in [0, 0.1) is 5.92 Å². The van der Waals surface area contributed by atoms with Gasteiger partial charge in [0.2, 0.25) is 0 Å². The Bertz CT molecular complexity index is 117. The first-order valence-corrected chi connectivity index (χ1v) is 3.70. The van der Waals surface area contributed by atoms with Crippen LogP contribution in [-0.2, 0) is 4.79 Å². The fraction of sp³-hybridized carbons (Fsp3) is 0.875. The van der Waals surface area contributed by atoms with Crippen molar-refractivity contribution < 1.29 is 6.17 Å². The molecule has 0 aliphatic heterocycles. The van der Waals surface area contributed by atoms with Crippen molar-refractivity contribution in [3.05, 3.63) is 0 Å². The summed E-state index contributed by atoms with van der Waals surface area (Å²) in [6, 6.07) is 0. The molecule has 2 nitrogen and oxygen atoms in total. The Labute approximate surface area is 64.4 Å². The average molecular weight is 144 g/mol. The van der Waals surface area contributed by atoms with Gasteiger partial charge in [-0.3, -0.25) is 0 Å². The summed E-state index contributed by atoms with van der Waals surface area (Å²) in [5.41, 5.74) is 0. The van der Waals surface area contributed by atoms with Gasteiger partial charge in [-0.15, -0.1) is 0 Å². The van der Waals surface area contributed by atoms with E-state index in [2.05, 4.69) is 5.32 Å². The second kappa shape index (κ2) is 5.42. The van der Waals surface area contributed by atoms with Gasteiger partial charge in [0.05, 0.1) is 0 Å². The molecule has 0 bridgehead atoms. The maximum Gasteiger partial charge on any atom is 0.130 e. The molecule has 0 fully saturated rings. The van der Waals surface area contributed by atoms with Crippen LogP contribution in [0.2, 0.25) is 0 Å². The molecule has 0 heterocycles. The standard InChI is InChI=1S/C8H17NO/c1-4-9-6-7(2)5-8(3)10/h7,9H,4-6H2,1-3H3/i2D. The van der Waals surface area contributed by atoms with Crippen LogP contribution in [0.3, 0.4) is 0 Å². The van der Waals surface area contributed by atoms with Gasteiger partial charge in [-0.05, 0) is 25.9 Å². The highest BCUT2D eigenvalue weighted by Crippen LogP contribution is 1.99. The lowest BCUT2D eigenvalue weighted by Gasteiger charge is -2.08. The van der Waals surface area contributed by atoms with E-state index < -0.39 is 0 Å². The number of ketones is 1. The predicted octanol–water partition coefficient (Wildman–Crippen LogP) is 1.21. The first-order valence-electron chi connectivity index (χ1n) is 4.40. The van der Waals surface area contributed by atoms with Crippen molar-refractivity contribution in [2.24, 2.45) is 5.92 Å². The summed E-state index contributed by atoms with van der Waals surface area (Å²) in [4.78, 5) is 10.7. The van der Waals surface area contributed by atoms with Gasteiger partial charge in [0, 0.05) is 7.79 Å². The van der Waals surface area contributed by atoms with Crippen LogP contribution in [0.5, 0.6) is 0 Å². The molecule has 0 aliphatic rings. The zero-order valence-electron chi connectivity index (χ0n) is 7.81. The number of rotatable bonds is 5. The summed E-state index contributed by atoms with van der Waals surface area (Å²) in [5.74, 6) is 0.382. The van der Waals surface area contributed by atoms with Gasteiger partial charge in [0.15, 0.2) is 0 Å². The third-order valence-corrected chi connectivity index (χ3v) is 1.26. The molecule has 1 atom stereocenters. The van der Waals surface area contributed by atoms with Crippen LogP contribution in [0.15, 0.2) is 0 Å². The van der Waals surface area contributed by atoms with Gasteiger partial charge in [-0.2, -0.15) is 0 Å². The summed E-state index contributed by atoms with van der Waals surface area (Å²) in [7, 11) is 0. The number of hydrogen-bond donors (Lipinski definition) is 1. The van der Waals surface area contributed by atoms with Crippen LogP contribution >= 0.6 is 0 Å². The molecule has 0 amide bonds. The Balaban J connectivity index is 3.49. The average Bonchev–Trinajstić information content (AvgIpc) is 1.97. The first kappa shape index (κ1) is 7.73. The van der Waals surface area contributed by atoms with E-state index >= 15 is 0 Å². The summed E-state index contributed by atoms with van der Waals surface area (Å²) in [6.45, 7) is 5.64. The molecule has 0 rings (SSSR count). The van der Waals surface area contributed by atoms with Crippen molar-refractivity contribution in [2.45, 2.75) is 27.2 Å². The van der Waals surface area contributed by atoms with Crippen molar-refractivity contribution in [1.82, 2.24) is 5.32 Å². The maximum atomic E-state index is 10.7.